The molecule has 0 aliphatic heterocycles. The van der Waals surface area contributed by atoms with Gasteiger partial charge in [-0.1, -0.05) is 66.2 Å². The van der Waals surface area contributed by atoms with Crippen LogP contribution in [0, 0.1) is 11.3 Å². The Morgan fingerprint density at radius 1 is 0.889 bits per heavy atom. The molecule has 6 rings (SSSR count). The molecule has 0 saturated heterocycles. The monoisotopic (exact) mass is 350 g/mol. The molecule has 3 aromatic rings. The van der Waals surface area contributed by atoms with E-state index in [9.17, 15) is 4.79 Å². The molecular formula is C26H22O. The van der Waals surface area contributed by atoms with Crippen LogP contribution in [0.3, 0.4) is 0 Å². The Morgan fingerprint density at radius 3 is 2.56 bits per heavy atom. The van der Waals surface area contributed by atoms with E-state index in [2.05, 4.69) is 66.7 Å². The van der Waals surface area contributed by atoms with Crippen molar-refractivity contribution in [2.45, 2.75) is 32.1 Å². The molecule has 0 radical (unpaired) electrons. The van der Waals surface area contributed by atoms with Crippen LogP contribution in [0.25, 0.3) is 21.9 Å². The maximum absolute atomic E-state index is 13.2. The lowest BCUT2D eigenvalue weighted by Crippen LogP contribution is -2.42. The predicted molar refractivity (Wildman–Crippen MR) is 110 cm³/mol. The van der Waals surface area contributed by atoms with Gasteiger partial charge in [0.25, 0.3) is 0 Å². The van der Waals surface area contributed by atoms with Crippen LogP contribution in [0.1, 0.15) is 30.4 Å². The zero-order valence-corrected chi connectivity index (χ0v) is 15.4. The minimum atomic E-state index is -0.0954. The van der Waals surface area contributed by atoms with Crippen molar-refractivity contribution in [2.24, 2.45) is 11.3 Å². The van der Waals surface area contributed by atoms with Crippen LogP contribution in [0.15, 0.2) is 72.3 Å². The van der Waals surface area contributed by atoms with Gasteiger partial charge in [-0.2, -0.15) is 0 Å². The average Bonchev–Trinajstić information content (AvgIpc) is 3.30. The Labute approximate surface area is 159 Å². The summed E-state index contributed by atoms with van der Waals surface area (Å²) in [6.45, 7) is 0. The summed E-state index contributed by atoms with van der Waals surface area (Å²) in [5.41, 5.74) is 6.58. The Hall–Kier alpha value is -2.67. The van der Waals surface area contributed by atoms with Gasteiger partial charge >= 0.3 is 0 Å². The molecule has 0 heterocycles. The zero-order chi connectivity index (χ0) is 18.0. The largest absolute Gasteiger partial charge is 0.299 e. The molecule has 3 aromatic carbocycles. The second-order valence-electron chi connectivity index (χ2n) is 8.62. The predicted octanol–water partition coefficient (Wildman–Crippen LogP) is 5.90. The van der Waals surface area contributed by atoms with Gasteiger partial charge in [0.15, 0.2) is 0 Å². The molecule has 3 aliphatic rings. The number of allylic oxidation sites excluding steroid dienone is 2. The number of ketones is 1. The Morgan fingerprint density at radius 2 is 1.78 bits per heavy atom. The van der Waals surface area contributed by atoms with Gasteiger partial charge in [0.2, 0.25) is 0 Å². The van der Waals surface area contributed by atoms with E-state index in [1.165, 1.54) is 38.6 Å². The third-order valence-electron chi connectivity index (χ3n) is 7.22. The van der Waals surface area contributed by atoms with E-state index < -0.39 is 0 Å². The number of carbonyl (C=O) groups is 1. The van der Waals surface area contributed by atoms with Gasteiger partial charge in [0, 0.05) is 11.8 Å². The molecule has 0 N–H and O–H groups in total. The summed E-state index contributed by atoms with van der Waals surface area (Å²) in [4.78, 5) is 13.2. The minimum Gasteiger partial charge on any atom is -0.299 e. The normalized spacial score (nSPS) is 25.9. The number of fused-ring (bicyclic) bond motifs is 5. The molecule has 2 bridgehead atoms. The SMILES string of the molecule is O=C1Cc2cc3c(-c4ccccc4)cccc3cc2CC12CC1=CCC2C1. The molecule has 3 aliphatic carbocycles. The summed E-state index contributed by atoms with van der Waals surface area (Å²) >= 11 is 0. The van der Waals surface area contributed by atoms with E-state index in [1.807, 2.05) is 0 Å². The lowest BCUT2D eigenvalue weighted by atomic mass is 9.63. The molecule has 1 fully saturated rings. The van der Waals surface area contributed by atoms with Crippen molar-refractivity contribution in [1.29, 1.82) is 0 Å². The third kappa shape index (κ3) is 2.15. The van der Waals surface area contributed by atoms with Gasteiger partial charge in [0.1, 0.15) is 5.78 Å². The van der Waals surface area contributed by atoms with E-state index in [1.54, 1.807) is 0 Å². The van der Waals surface area contributed by atoms with Gasteiger partial charge < -0.3 is 0 Å². The number of hydrogen-bond acceptors (Lipinski definition) is 1. The maximum atomic E-state index is 13.2. The Balaban J connectivity index is 1.50. The molecule has 1 heteroatoms. The smallest absolute Gasteiger partial charge is 0.144 e. The van der Waals surface area contributed by atoms with Crippen molar-refractivity contribution in [3.63, 3.8) is 0 Å². The molecule has 0 amide bonds. The standard InChI is InChI=1S/C26H22O/c27-25-14-20-13-24-19(7-4-8-23(24)18-5-2-1-3-6-18)12-21(20)16-26(25)15-17-9-10-22(26)11-17/h1-9,12-13,22H,10-11,14-16H2. The maximum Gasteiger partial charge on any atom is 0.144 e. The first-order valence-corrected chi connectivity index (χ1v) is 10.0. The molecule has 1 saturated carbocycles. The second-order valence-corrected chi connectivity index (χ2v) is 8.62. The fourth-order valence-corrected chi connectivity index (χ4v) is 5.84. The fourth-order valence-electron chi connectivity index (χ4n) is 5.84. The number of benzene rings is 3. The van der Waals surface area contributed by atoms with E-state index in [0.717, 1.165) is 25.7 Å². The van der Waals surface area contributed by atoms with E-state index in [4.69, 9.17) is 0 Å². The third-order valence-corrected chi connectivity index (χ3v) is 7.22. The highest BCUT2D eigenvalue weighted by Crippen LogP contribution is 2.57. The van der Waals surface area contributed by atoms with Gasteiger partial charge in [-0.3, -0.25) is 4.79 Å². The van der Waals surface area contributed by atoms with Gasteiger partial charge in [0.05, 0.1) is 0 Å². The Bertz CT molecular complexity index is 1120. The summed E-state index contributed by atoms with van der Waals surface area (Å²) in [5, 5.41) is 2.56. The zero-order valence-electron chi connectivity index (χ0n) is 15.4. The summed E-state index contributed by atoms with van der Waals surface area (Å²) in [6.07, 6.45) is 7.21. The molecule has 132 valence electrons. The van der Waals surface area contributed by atoms with Gasteiger partial charge in [-0.15, -0.1) is 0 Å². The van der Waals surface area contributed by atoms with E-state index in [-0.39, 0.29) is 5.41 Å². The highest BCUT2D eigenvalue weighted by molar-refractivity contribution is 5.99. The van der Waals surface area contributed by atoms with Crippen molar-refractivity contribution in [1.82, 2.24) is 0 Å². The van der Waals surface area contributed by atoms with Crippen molar-refractivity contribution < 1.29 is 4.79 Å². The molecular weight excluding hydrogens is 328 g/mol. The minimum absolute atomic E-state index is 0.0954. The van der Waals surface area contributed by atoms with Crippen LogP contribution in [0.2, 0.25) is 0 Å². The van der Waals surface area contributed by atoms with Crippen LogP contribution in [0.4, 0.5) is 0 Å². The lowest BCUT2D eigenvalue weighted by Gasteiger charge is -2.39. The molecule has 1 spiro atoms. The quantitative estimate of drug-likeness (QED) is 0.499. The van der Waals surface area contributed by atoms with E-state index in [0.29, 0.717) is 18.1 Å². The van der Waals surface area contributed by atoms with Crippen molar-refractivity contribution in [3.05, 3.63) is 83.4 Å². The number of carbonyl (C=O) groups excluding carboxylic acids is 1. The molecule has 0 aromatic heterocycles. The summed E-state index contributed by atoms with van der Waals surface area (Å²) in [6, 6.07) is 21.8. The first-order valence-electron chi connectivity index (χ1n) is 10.0. The summed E-state index contributed by atoms with van der Waals surface area (Å²) in [7, 11) is 0. The average molecular weight is 350 g/mol. The van der Waals surface area contributed by atoms with Crippen LogP contribution in [-0.4, -0.2) is 5.78 Å². The molecule has 2 atom stereocenters. The van der Waals surface area contributed by atoms with Crippen LogP contribution < -0.4 is 0 Å². The molecule has 1 nitrogen and oxygen atoms in total. The van der Waals surface area contributed by atoms with Gasteiger partial charge in [-0.25, -0.2) is 0 Å². The van der Waals surface area contributed by atoms with Crippen molar-refractivity contribution >= 4 is 16.6 Å². The second kappa shape index (κ2) is 5.42. The highest BCUT2D eigenvalue weighted by atomic mass is 16.1. The Kier molecular flexibility index (Phi) is 3.09. The van der Waals surface area contributed by atoms with E-state index >= 15 is 0 Å². The molecule has 2 unspecified atom stereocenters. The number of rotatable bonds is 1. The lowest BCUT2D eigenvalue weighted by molar-refractivity contribution is -0.131. The van der Waals surface area contributed by atoms with Gasteiger partial charge in [-0.05, 0) is 70.7 Å². The van der Waals surface area contributed by atoms with Crippen LogP contribution >= 0.6 is 0 Å². The molecule has 27 heavy (non-hydrogen) atoms. The van der Waals surface area contributed by atoms with Crippen LogP contribution in [-0.2, 0) is 17.6 Å². The number of Topliss-reactive ketones (excluding diaryl/α,β-unsaturated/α-hetero) is 1. The van der Waals surface area contributed by atoms with Crippen molar-refractivity contribution in [3.8, 4) is 11.1 Å². The first kappa shape index (κ1) is 15.4. The van der Waals surface area contributed by atoms with Crippen molar-refractivity contribution in [2.75, 3.05) is 0 Å². The topological polar surface area (TPSA) is 17.1 Å². The fraction of sp³-hybridized carbons (Fsp3) is 0.269. The summed E-state index contributed by atoms with van der Waals surface area (Å²) < 4.78 is 0. The number of hydrogen-bond donors (Lipinski definition) is 0. The highest BCUT2D eigenvalue weighted by Gasteiger charge is 2.53. The summed E-state index contributed by atoms with van der Waals surface area (Å²) in [5.74, 6) is 1.04. The first-order chi connectivity index (χ1) is 13.2. The van der Waals surface area contributed by atoms with Crippen LogP contribution in [0.5, 0.6) is 0 Å².